The smallest absolute Gasteiger partial charge is 0.226 e. The van der Waals surface area contributed by atoms with Crippen molar-refractivity contribution in [3.63, 3.8) is 0 Å². The van der Waals surface area contributed by atoms with Crippen molar-refractivity contribution in [3.8, 4) is 39.7 Å². The fourth-order valence-corrected chi connectivity index (χ4v) is 5.86. The molecule has 0 atom stereocenters. The van der Waals surface area contributed by atoms with Crippen molar-refractivity contribution in [2.45, 2.75) is 11.4 Å². The summed E-state index contributed by atoms with van der Waals surface area (Å²) >= 11 is 14.9. The zero-order valence-electron chi connectivity index (χ0n) is 20.4. The first-order chi connectivity index (χ1) is 19.0. The van der Waals surface area contributed by atoms with Gasteiger partial charge in [0.2, 0.25) is 5.91 Å². The average Bonchev–Trinajstić information content (AvgIpc) is 3.43. The predicted molar refractivity (Wildman–Crippen MR) is 161 cm³/mol. The summed E-state index contributed by atoms with van der Waals surface area (Å²) in [4.78, 5) is 22.0. The van der Waals surface area contributed by atoms with Crippen molar-refractivity contribution in [2.75, 3.05) is 11.1 Å². The van der Waals surface area contributed by atoms with Crippen molar-refractivity contribution in [1.82, 2.24) is 9.97 Å². The number of benzene rings is 3. The van der Waals surface area contributed by atoms with Gasteiger partial charge in [-0.25, -0.2) is 9.97 Å². The number of amides is 1. The molecule has 2 heterocycles. The van der Waals surface area contributed by atoms with E-state index in [-0.39, 0.29) is 12.3 Å². The van der Waals surface area contributed by atoms with Gasteiger partial charge in [-0.2, -0.15) is 5.26 Å². The average molecular weight is 588 g/mol. The third kappa shape index (κ3) is 6.49. The number of nitrogens with one attached hydrogen (secondary N) is 1. The summed E-state index contributed by atoms with van der Waals surface area (Å²) in [5.41, 5.74) is 5.51. The molecule has 0 aliphatic rings. The highest BCUT2D eigenvalue weighted by molar-refractivity contribution is 7.99. The molecular formula is C30H20Cl2N4OS2. The van der Waals surface area contributed by atoms with Gasteiger partial charge in [0, 0.05) is 34.2 Å². The number of hydrogen-bond donors (Lipinski definition) is 1. The summed E-state index contributed by atoms with van der Waals surface area (Å²) < 4.78 is 0. The Labute approximate surface area is 244 Å². The van der Waals surface area contributed by atoms with Crippen LogP contribution in [0.15, 0.2) is 95.3 Å². The zero-order chi connectivity index (χ0) is 27.2. The molecule has 0 bridgehead atoms. The Kier molecular flexibility index (Phi) is 8.60. The lowest BCUT2D eigenvalue weighted by Crippen LogP contribution is -2.12. The van der Waals surface area contributed by atoms with Crippen LogP contribution >= 0.6 is 46.3 Å². The molecule has 0 radical (unpaired) electrons. The molecule has 0 aliphatic carbocycles. The van der Waals surface area contributed by atoms with E-state index >= 15 is 0 Å². The summed E-state index contributed by atoms with van der Waals surface area (Å²) in [6.07, 6.45) is 0.231. The largest absolute Gasteiger partial charge is 0.302 e. The number of carbonyl (C=O) groups excluding carboxylic acids is 1. The molecule has 0 spiro atoms. The van der Waals surface area contributed by atoms with Gasteiger partial charge in [-0.05, 0) is 23.8 Å². The maximum atomic E-state index is 12.7. The maximum Gasteiger partial charge on any atom is 0.226 e. The number of rotatable bonds is 8. The molecule has 5 nitrogen and oxygen atoms in total. The van der Waals surface area contributed by atoms with Crippen LogP contribution in [0.25, 0.3) is 33.6 Å². The molecule has 0 fully saturated rings. The van der Waals surface area contributed by atoms with Crippen LogP contribution in [-0.4, -0.2) is 21.6 Å². The topological polar surface area (TPSA) is 78.7 Å². The number of hydrogen-bond acceptors (Lipinski definition) is 6. The van der Waals surface area contributed by atoms with E-state index in [1.807, 2.05) is 78.2 Å². The van der Waals surface area contributed by atoms with Crippen LogP contribution in [0.1, 0.15) is 12.0 Å². The Morgan fingerprint density at radius 1 is 0.872 bits per heavy atom. The molecule has 2 aromatic heterocycles. The minimum absolute atomic E-state index is 0.168. The number of halogens is 2. The van der Waals surface area contributed by atoms with Gasteiger partial charge >= 0.3 is 0 Å². The van der Waals surface area contributed by atoms with Crippen LogP contribution in [0.3, 0.4) is 0 Å². The molecule has 1 N–H and O–H groups in total. The number of pyridine rings is 1. The number of nitriles is 1. The number of nitrogens with zero attached hydrogens (tertiary/aromatic N) is 3. The summed E-state index contributed by atoms with van der Waals surface area (Å²) in [6.45, 7) is 0. The second kappa shape index (κ2) is 12.5. The summed E-state index contributed by atoms with van der Waals surface area (Å²) in [5, 5.41) is 16.8. The molecule has 0 saturated carbocycles. The molecule has 5 rings (SSSR count). The fourth-order valence-electron chi connectivity index (χ4n) is 3.88. The number of thioether (sulfide) groups is 1. The van der Waals surface area contributed by atoms with Gasteiger partial charge in [0.05, 0.1) is 27.0 Å². The molecule has 0 unspecified atom stereocenters. The number of carbonyl (C=O) groups is 1. The third-order valence-corrected chi connectivity index (χ3v) is 8.26. The van der Waals surface area contributed by atoms with E-state index in [1.54, 1.807) is 12.1 Å². The van der Waals surface area contributed by atoms with E-state index in [0.29, 0.717) is 37.2 Å². The number of aromatic nitrogens is 2. The lowest BCUT2D eigenvalue weighted by molar-refractivity contribution is -0.115. The first-order valence-electron chi connectivity index (χ1n) is 11.9. The molecule has 1 amide bonds. The van der Waals surface area contributed by atoms with Gasteiger partial charge in [-0.1, -0.05) is 89.9 Å². The van der Waals surface area contributed by atoms with E-state index in [0.717, 1.165) is 27.9 Å². The van der Waals surface area contributed by atoms with Gasteiger partial charge in [0.1, 0.15) is 11.1 Å². The fraction of sp³-hybridized carbons (Fsp3) is 0.0667. The summed E-state index contributed by atoms with van der Waals surface area (Å²) in [5.74, 6) is 0.281. The Bertz CT molecular complexity index is 1670. The third-order valence-electron chi connectivity index (χ3n) is 5.79. The first-order valence-corrected chi connectivity index (χ1v) is 14.5. The van der Waals surface area contributed by atoms with Crippen molar-refractivity contribution in [3.05, 3.63) is 106 Å². The van der Waals surface area contributed by atoms with E-state index < -0.39 is 0 Å². The molecule has 192 valence electrons. The number of thiazole rings is 1. The van der Waals surface area contributed by atoms with Gasteiger partial charge in [-0.3, -0.25) is 4.79 Å². The van der Waals surface area contributed by atoms with Crippen LogP contribution in [0.5, 0.6) is 0 Å². The van der Waals surface area contributed by atoms with E-state index in [2.05, 4.69) is 16.4 Å². The molecule has 0 saturated heterocycles. The van der Waals surface area contributed by atoms with E-state index in [4.69, 9.17) is 28.2 Å². The maximum absolute atomic E-state index is 12.7. The highest BCUT2D eigenvalue weighted by Gasteiger charge is 2.17. The second-order valence-electron chi connectivity index (χ2n) is 8.39. The first kappa shape index (κ1) is 26.9. The highest BCUT2D eigenvalue weighted by Crippen LogP contribution is 2.35. The van der Waals surface area contributed by atoms with Crippen molar-refractivity contribution in [2.24, 2.45) is 0 Å². The molecule has 9 heteroatoms. The van der Waals surface area contributed by atoms with Crippen LogP contribution < -0.4 is 5.32 Å². The highest BCUT2D eigenvalue weighted by atomic mass is 35.5. The molecule has 5 aromatic rings. The Morgan fingerprint density at radius 3 is 2.28 bits per heavy atom. The van der Waals surface area contributed by atoms with Crippen LogP contribution in [0.2, 0.25) is 10.0 Å². The minimum Gasteiger partial charge on any atom is -0.302 e. The SMILES string of the molecule is N#Cc1c(-c2ccccc2)cc(-c2ccccc2)nc1SCCC(=O)Nc1nc(-c2ccc(Cl)c(Cl)c2)cs1. The Morgan fingerprint density at radius 2 is 1.59 bits per heavy atom. The van der Waals surface area contributed by atoms with Crippen LogP contribution in [0.4, 0.5) is 5.13 Å². The number of anilines is 1. The van der Waals surface area contributed by atoms with Crippen LogP contribution in [0, 0.1) is 11.3 Å². The molecule has 39 heavy (non-hydrogen) atoms. The van der Waals surface area contributed by atoms with Crippen molar-refractivity contribution in [1.29, 1.82) is 5.26 Å². The monoisotopic (exact) mass is 586 g/mol. The van der Waals surface area contributed by atoms with Gasteiger partial charge < -0.3 is 5.32 Å². The lowest BCUT2D eigenvalue weighted by atomic mass is 9.99. The minimum atomic E-state index is -0.168. The second-order valence-corrected chi connectivity index (χ2v) is 11.1. The molecule has 0 aliphatic heterocycles. The zero-order valence-corrected chi connectivity index (χ0v) is 23.5. The Balaban J connectivity index is 1.31. The summed E-state index contributed by atoms with van der Waals surface area (Å²) in [6, 6.07) is 29.2. The van der Waals surface area contributed by atoms with E-state index in [1.165, 1.54) is 23.1 Å². The standard InChI is InChI=1S/C30H20Cl2N4OS2/c31-24-12-11-21(15-25(24)32)27-18-39-30(35-27)36-28(37)13-14-38-29-23(17-33)22(19-7-3-1-4-8-19)16-26(34-29)20-9-5-2-6-10-20/h1-12,15-16,18H,13-14H2,(H,35,36,37). The van der Waals surface area contributed by atoms with Crippen LogP contribution in [-0.2, 0) is 4.79 Å². The van der Waals surface area contributed by atoms with Crippen molar-refractivity contribution >= 4 is 57.3 Å². The Hall–Kier alpha value is -3.67. The molecular weight excluding hydrogens is 567 g/mol. The van der Waals surface area contributed by atoms with Gasteiger partial charge in [0.15, 0.2) is 5.13 Å². The normalized spacial score (nSPS) is 10.7. The quantitative estimate of drug-likeness (QED) is 0.184. The van der Waals surface area contributed by atoms with Crippen molar-refractivity contribution < 1.29 is 4.79 Å². The molecule has 3 aromatic carbocycles. The van der Waals surface area contributed by atoms with Gasteiger partial charge in [0.25, 0.3) is 0 Å². The van der Waals surface area contributed by atoms with Gasteiger partial charge in [-0.15, -0.1) is 23.1 Å². The predicted octanol–water partition coefficient (Wildman–Crippen LogP) is 8.84. The summed E-state index contributed by atoms with van der Waals surface area (Å²) in [7, 11) is 0. The van der Waals surface area contributed by atoms with E-state index in [9.17, 15) is 10.1 Å². The lowest BCUT2D eigenvalue weighted by Gasteiger charge is -2.12.